The van der Waals surface area contributed by atoms with Gasteiger partial charge in [-0.25, -0.2) is 0 Å². The van der Waals surface area contributed by atoms with Crippen LogP contribution < -0.4 is 40.8 Å². The molecule has 0 amide bonds. The van der Waals surface area contributed by atoms with Crippen molar-refractivity contribution in [3.05, 3.63) is 228 Å². The molecule has 0 bridgehead atoms. The fourth-order valence-corrected chi connectivity index (χ4v) is 25.8. The van der Waals surface area contributed by atoms with Gasteiger partial charge in [0, 0.05) is 41.9 Å². The minimum absolute atomic E-state index is 0.0859. The molecular formula is C68H81NO4SSi3. The van der Waals surface area contributed by atoms with E-state index in [1.165, 1.54) is 36.0 Å². The minimum Gasteiger partial charge on any atom is -0.493 e. The SMILES string of the molecule is CC(C)(C)[Si](OCCCCOc1cc(N(CCO[Si](c2ccccc2)(c2ccccc2)C(C)(C)C)CCO[Si](c2ccccc2)(c2ccccc2)C(C)(C)C)ccc1C=Cc1cccs1)(c1ccccc1)c1ccccc1. The molecule has 0 fully saturated rings. The molecular weight excluding hydrogens is 1010 g/mol. The van der Waals surface area contributed by atoms with Gasteiger partial charge in [0.2, 0.25) is 0 Å². The average molecular weight is 1090 g/mol. The molecule has 0 aliphatic carbocycles. The highest BCUT2D eigenvalue weighted by Gasteiger charge is 2.52. The first-order chi connectivity index (χ1) is 37.1. The van der Waals surface area contributed by atoms with Crippen LogP contribution in [0.3, 0.4) is 0 Å². The largest absolute Gasteiger partial charge is 0.493 e. The summed E-state index contributed by atoms with van der Waals surface area (Å²) in [7, 11) is -8.32. The van der Waals surface area contributed by atoms with Crippen LogP contribution in [0.2, 0.25) is 15.1 Å². The predicted octanol–water partition coefficient (Wildman–Crippen LogP) is 13.6. The summed E-state index contributed by atoms with van der Waals surface area (Å²) in [4.78, 5) is 3.66. The number of anilines is 1. The lowest BCUT2D eigenvalue weighted by Gasteiger charge is -2.44. The van der Waals surface area contributed by atoms with Crippen molar-refractivity contribution in [2.24, 2.45) is 0 Å². The summed E-state index contributed by atoms with van der Waals surface area (Å²) < 4.78 is 29.5. The number of nitrogens with zero attached hydrogens (tertiary/aromatic N) is 1. The second kappa shape index (κ2) is 25.7. The van der Waals surface area contributed by atoms with Crippen molar-refractivity contribution in [1.82, 2.24) is 0 Å². The van der Waals surface area contributed by atoms with Crippen LogP contribution >= 0.6 is 11.3 Å². The summed E-state index contributed by atoms with van der Waals surface area (Å²) >= 11 is 1.73. The van der Waals surface area contributed by atoms with Crippen LogP contribution in [0.4, 0.5) is 5.69 Å². The number of hydrogen-bond donors (Lipinski definition) is 0. The van der Waals surface area contributed by atoms with Gasteiger partial charge < -0.3 is 22.9 Å². The highest BCUT2D eigenvalue weighted by atomic mass is 32.1. The lowest BCUT2D eigenvalue weighted by molar-refractivity contribution is 0.257. The van der Waals surface area contributed by atoms with Crippen LogP contribution in [0.25, 0.3) is 12.2 Å². The third-order valence-corrected chi connectivity index (χ3v) is 31.0. The molecule has 5 nitrogen and oxygen atoms in total. The first-order valence-corrected chi connectivity index (χ1v) is 34.2. The summed E-state index contributed by atoms with van der Waals surface area (Å²) in [5.74, 6) is 0.856. The van der Waals surface area contributed by atoms with Gasteiger partial charge in [0.15, 0.2) is 0 Å². The predicted molar refractivity (Wildman–Crippen MR) is 337 cm³/mol. The Hall–Kier alpha value is -5.89. The van der Waals surface area contributed by atoms with Crippen molar-refractivity contribution in [2.45, 2.75) is 90.3 Å². The molecule has 9 heteroatoms. The minimum atomic E-state index is -2.83. The van der Waals surface area contributed by atoms with Gasteiger partial charge in [-0.15, -0.1) is 11.3 Å². The third kappa shape index (κ3) is 13.0. The van der Waals surface area contributed by atoms with E-state index in [0.29, 0.717) is 39.5 Å². The van der Waals surface area contributed by atoms with Gasteiger partial charge in [-0.1, -0.05) is 250 Å². The third-order valence-electron chi connectivity index (χ3n) is 15.1. The van der Waals surface area contributed by atoms with Gasteiger partial charge in [0.25, 0.3) is 25.0 Å². The van der Waals surface area contributed by atoms with E-state index >= 15 is 0 Å². The Labute approximate surface area is 469 Å². The van der Waals surface area contributed by atoms with E-state index in [1.54, 1.807) is 11.3 Å². The quantitative estimate of drug-likeness (QED) is 0.0445. The maximum atomic E-state index is 7.61. The van der Waals surface area contributed by atoms with Gasteiger partial charge in [0.1, 0.15) is 5.75 Å². The number of unbranched alkanes of at least 4 members (excludes halogenated alkanes) is 1. The van der Waals surface area contributed by atoms with Gasteiger partial charge in [0.05, 0.1) is 19.8 Å². The average Bonchev–Trinajstić information content (AvgIpc) is 3.98. The molecule has 0 spiro atoms. The summed E-state index contributed by atoms with van der Waals surface area (Å²) in [6.45, 7) is 24.7. The van der Waals surface area contributed by atoms with Crippen LogP contribution in [-0.2, 0) is 13.3 Å². The number of ether oxygens (including phenoxy) is 1. The van der Waals surface area contributed by atoms with Crippen molar-refractivity contribution in [3.63, 3.8) is 0 Å². The molecule has 1 aromatic heterocycles. The van der Waals surface area contributed by atoms with Crippen LogP contribution in [0.1, 0.15) is 85.6 Å². The molecule has 0 unspecified atom stereocenters. The Morgan fingerprint density at radius 2 is 0.740 bits per heavy atom. The molecule has 0 atom stereocenters. The van der Waals surface area contributed by atoms with Crippen LogP contribution in [0, 0.1) is 0 Å². The maximum absolute atomic E-state index is 7.61. The summed E-state index contributed by atoms with van der Waals surface area (Å²) in [6, 6.07) is 76.7. The number of thiophene rings is 1. The van der Waals surface area contributed by atoms with Gasteiger partial charge in [-0.05, 0) is 94.8 Å². The molecule has 77 heavy (non-hydrogen) atoms. The lowest BCUT2D eigenvalue weighted by Crippen LogP contribution is -2.67. The van der Waals surface area contributed by atoms with E-state index in [1.807, 2.05) is 0 Å². The highest BCUT2D eigenvalue weighted by Crippen LogP contribution is 2.40. The van der Waals surface area contributed by atoms with E-state index in [4.69, 9.17) is 18.0 Å². The van der Waals surface area contributed by atoms with Crippen LogP contribution in [0.5, 0.6) is 5.75 Å². The Kier molecular flexibility index (Phi) is 19.1. The van der Waals surface area contributed by atoms with E-state index in [0.717, 1.165) is 29.8 Å². The van der Waals surface area contributed by atoms with E-state index in [-0.39, 0.29) is 15.1 Å². The van der Waals surface area contributed by atoms with Crippen molar-refractivity contribution < 1.29 is 18.0 Å². The Bertz CT molecular complexity index is 2810. The molecule has 8 aromatic rings. The lowest BCUT2D eigenvalue weighted by atomic mass is 10.1. The van der Waals surface area contributed by atoms with Crippen LogP contribution in [-0.4, -0.2) is 64.5 Å². The molecule has 0 aliphatic heterocycles. The fourth-order valence-electron chi connectivity index (χ4n) is 11.4. The molecule has 0 N–H and O–H groups in total. The number of benzene rings is 7. The highest BCUT2D eigenvalue weighted by molar-refractivity contribution is 7.10. The Balaban J connectivity index is 1.11. The zero-order valence-electron chi connectivity index (χ0n) is 47.1. The zero-order chi connectivity index (χ0) is 54.4. The summed E-state index contributed by atoms with van der Waals surface area (Å²) in [6.07, 6.45) is 6.10. The molecule has 0 saturated heterocycles. The van der Waals surface area contributed by atoms with Crippen molar-refractivity contribution in [3.8, 4) is 5.75 Å². The summed E-state index contributed by atoms with van der Waals surface area (Å²) in [5.41, 5.74) is 2.11. The molecule has 8 rings (SSSR count). The zero-order valence-corrected chi connectivity index (χ0v) is 50.9. The van der Waals surface area contributed by atoms with Crippen molar-refractivity contribution >= 4 is 85.2 Å². The molecule has 0 saturated carbocycles. The summed E-state index contributed by atoms with van der Waals surface area (Å²) in [5, 5.41) is 9.41. The molecule has 400 valence electrons. The normalized spacial score (nSPS) is 12.7. The first-order valence-electron chi connectivity index (χ1n) is 27.6. The molecule has 0 radical (unpaired) electrons. The van der Waals surface area contributed by atoms with Crippen molar-refractivity contribution in [2.75, 3.05) is 44.4 Å². The van der Waals surface area contributed by atoms with Gasteiger partial charge in [-0.3, -0.25) is 0 Å². The van der Waals surface area contributed by atoms with Crippen molar-refractivity contribution in [1.29, 1.82) is 0 Å². The van der Waals surface area contributed by atoms with E-state index in [2.05, 4.69) is 297 Å². The maximum Gasteiger partial charge on any atom is 0.261 e. The smallest absolute Gasteiger partial charge is 0.261 e. The number of hydrogen-bond acceptors (Lipinski definition) is 6. The Morgan fingerprint density at radius 1 is 0.390 bits per heavy atom. The van der Waals surface area contributed by atoms with Crippen LogP contribution in [0.15, 0.2) is 218 Å². The van der Waals surface area contributed by atoms with E-state index in [9.17, 15) is 0 Å². The second-order valence-electron chi connectivity index (χ2n) is 23.1. The fraction of sp³-hybridized carbons (Fsp3) is 0.294. The molecule has 7 aromatic carbocycles. The van der Waals surface area contributed by atoms with E-state index < -0.39 is 25.0 Å². The number of rotatable bonds is 24. The topological polar surface area (TPSA) is 40.2 Å². The monoisotopic (exact) mass is 1090 g/mol. The second-order valence-corrected chi connectivity index (χ2v) is 37.0. The first kappa shape index (κ1) is 57.3. The molecule has 1 heterocycles. The van der Waals surface area contributed by atoms with Gasteiger partial charge in [-0.2, -0.15) is 0 Å². The molecule has 0 aliphatic rings. The Morgan fingerprint density at radius 3 is 1.08 bits per heavy atom. The van der Waals surface area contributed by atoms with Gasteiger partial charge >= 0.3 is 0 Å². The standard InChI is InChI=1S/C68H81NO4SSi3/c1-66(2,3)75(59-32-16-10-17-33-59,60-34-18-11-19-35-60)71-51-29-28-50-70-65-55-57(46-44-56(65)45-47-58-31-30-54-74-58)69(48-52-72-76(67(4,5)6,61-36-20-12-21-37-61)62-38-22-13-23-39-62)49-53-73-77(68(7,8)9,63-40-24-14-25-41-63)64-42-26-15-27-43-64/h10-27,30-47,54-55H,28-29,48-53H2,1-9H3.